The van der Waals surface area contributed by atoms with Crippen LogP contribution in [0.4, 0.5) is 10.8 Å². The Morgan fingerprint density at radius 1 is 1.00 bits per heavy atom. The first-order valence-corrected chi connectivity index (χ1v) is 8.48. The van der Waals surface area contributed by atoms with Crippen molar-refractivity contribution in [3.63, 3.8) is 0 Å². The lowest BCUT2D eigenvalue weighted by molar-refractivity contribution is 1.38. The average Bonchev–Trinajstić information content (AvgIpc) is 2.93. The highest BCUT2D eigenvalue weighted by Crippen LogP contribution is 2.31. The minimum atomic E-state index is 0. The molecule has 0 atom stereocenters. The lowest BCUT2D eigenvalue weighted by atomic mass is 10.2. The van der Waals surface area contributed by atoms with Crippen LogP contribution in [-0.2, 0) is 0 Å². The smallest absolute Gasteiger partial charge is 0.187 e. The molecule has 0 aliphatic carbocycles. The number of anilines is 2. The molecule has 22 heavy (non-hydrogen) atoms. The van der Waals surface area contributed by atoms with E-state index < -0.39 is 0 Å². The van der Waals surface area contributed by atoms with Crippen LogP contribution < -0.4 is 5.32 Å². The molecule has 2 aromatic carbocycles. The number of aromatic nitrogens is 1. The second-order valence-electron chi connectivity index (χ2n) is 4.30. The van der Waals surface area contributed by atoms with Crippen molar-refractivity contribution in [3.05, 3.63) is 62.4 Å². The Balaban J connectivity index is 0.00000176. The molecule has 0 saturated heterocycles. The fourth-order valence-corrected chi connectivity index (χ4v) is 3.08. The van der Waals surface area contributed by atoms with Crippen molar-refractivity contribution in [2.75, 3.05) is 5.32 Å². The third-order valence-electron chi connectivity index (χ3n) is 2.82. The van der Waals surface area contributed by atoms with Crippen LogP contribution in [0.1, 0.15) is 0 Å². The molecule has 0 saturated carbocycles. The molecular formula is C15H10Br2Cl2N2S. The van der Waals surface area contributed by atoms with Crippen LogP contribution in [-0.4, -0.2) is 4.98 Å². The lowest BCUT2D eigenvalue weighted by Crippen LogP contribution is -1.89. The van der Waals surface area contributed by atoms with E-state index in [1.54, 1.807) is 17.4 Å². The lowest BCUT2D eigenvalue weighted by Gasteiger charge is -2.02. The molecule has 0 aliphatic rings. The molecule has 0 spiro atoms. The summed E-state index contributed by atoms with van der Waals surface area (Å²) in [5.41, 5.74) is 2.82. The SMILES string of the molecule is Br.Clc1ccc(-c2csc(Nc3ccc(Br)cc3)n2)cc1Cl. The summed E-state index contributed by atoms with van der Waals surface area (Å²) in [5.74, 6) is 0. The van der Waals surface area contributed by atoms with Gasteiger partial charge in [-0.3, -0.25) is 0 Å². The number of benzene rings is 2. The predicted molar refractivity (Wildman–Crippen MR) is 105 cm³/mol. The van der Waals surface area contributed by atoms with E-state index in [9.17, 15) is 0 Å². The van der Waals surface area contributed by atoms with E-state index in [2.05, 4.69) is 26.2 Å². The van der Waals surface area contributed by atoms with Crippen molar-refractivity contribution in [1.29, 1.82) is 0 Å². The van der Waals surface area contributed by atoms with E-state index in [1.165, 1.54) is 0 Å². The van der Waals surface area contributed by atoms with Gasteiger partial charge < -0.3 is 5.32 Å². The molecule has 1 aromatic heterocycles. The van der Waals surface area contributed by atoms with Gasteiger partial charge in [0, 0.05) is 21.1 Å². The highest BCUT2D eigenvalue weighted by Gasteiger charge is 2.07. The van der Waals surface area contributed by atoms with Crippen LogP contribution in [0.15, 0.2) is 52.3 Å². The van der Waals surface area contributed by atoms with E-state index in [0.29, 0.717) is 10.0 Å². The van der Waals surface area contributed by atoms with Crippen LogP contribution in [0.3, 0.4) is 0 Å². The Morgan fingerprint density at radius 3 is 2.41 bits per heavy atom. The van der Waals surface area contributed by atoms with Crippen molar-refractivity contribution >= 4 is 78.3 Å². The standard InChI is InChI=1S/C15H9BrCl2N2S.BrH/c16-10-2-4-11(5-3-10)19-15-20-14(8-21-15)9-1-6-12(17)13(18)7-9;/h1-8H,(H,19,20);1H. The molecule has 7 heteroatoms. The molecule has 0 bridgehead atoms. The van der Waals surface area contributed by atoms with Crippen LogP contribution >= 0.6 is 67.5 Å². The average molecular weight is 481 g/mol. The number of nitrogens with one attached hydrogen (secondary N) is 1. The molecule has 3 aromatic rings. The molecule has 2 nitrogen and oxygen atoms in total. The maximum absolute atomic E-state index is 6.04. The molecule has 0 amide bonds. The van der Waals surface area contributed by atoms with Crippen molar-refractivity contribution in [3.8, 4) is 11.3 Å². The molecule has 0 unspecified atom stereocenters. The Morgan fingerprint density at radius 2 is 1.73 bits per heavy atom. The Bertz CT molecular complexity index is 775. The van der Waals surface area contributed by atoms with E-state index >= 15 is 0 Å². The Kier molecular flexibility index (Phi) is 6.29. The van der Waals surface area contributed by atoms with Crippen molar-refractivity contribution in [1.82, 2.24) is 4.98 Å². The molecule has 3 rings (SSSR count). The summed E-state index contributed by atoms with van der Waals surface area (Å²) < 4.78 is 1.05. The molecule has 0 fully saturated rings. The van der Waals surface area contributed by atoms with Gasteiger partial charge in [-0.25, -0.2) is 4.98 Å². The van der Waals surface area contributed by atoms with Gasteiger partial charge in [-0.05, 0) is 36.4 Å². The molecule has 0 aliphatic heterocycles. The molecule has 114 valence electrons. The minimum Gasteiger partial charge on any atom is -0.332 e. The van der Waals surface area contributed by atoms with Crippen LogP contribution in [0.2, 0.25) is 10.0 Å². The van der Waals surface area contributed by atoms with Crippen molar-refractivity contribution < 1.29 is 0 Å². The first-order valence-electron chi connectivity index (χ1n) is 6.05. The number of rotatable bonds is 3. The van der Waals surface area contributed by atoms with E-state index in [1.807, 2.05) is 41.8 Å². The van der Waals surface area contributed by atoms with Crippen LogP contribution in [0, 0.1) is 0 Å². The maximum Gasteiger partial charge on any atom is 0.187 e. The van der Waals surface area contributed by atoms with Crippen LogP contribution in [0.25, 0.3) is 11.3 Å². The number of hydrogen-bond acceptors (Lipinski definition) is 3. The van der Waals surface area contributed by atoms with Gasteiger partial charge >= 0.3 is 0 Å². The summed E-state index contributed by atoms with van der Waals surface area (Å²) >= 11 is 16.9. The van der Waals surface area contributed by atoms with E-state index in [0.717, 1.165) is 26.5 Å². The normalized spacial score (nSPS) is 10.1. The summed E-state index contributed by atoms with van der Waals surface area (Å²) in [4.78, 5) is 4.56. The van der Waals surface area contributed by atoms with E-state index in [-0.39, 0.29) is 17.0 Å². The Labute approximate surface area is 161 Å². The van der Waals surface area contributed by atoms with Crippen molar-refractivity contribution in [2.45, 2.75) is 0 Å². The topological polar surface area (TPSA) is 24.9 Å². The largest absolute Gasteiger partial charge is 0.332 e. The zero-order chi connectivity index (χ0) is 14.8. The highest BCUT2D eigenvalue weighted by atomic mass is 79.9. The van der Waals surface area contributed by atoms with Gasteiger partial charge in [0.05, 0.1) is 15.7 Å². The first kappa shape index (κ1) is 17.8. The number of halogens is 4. The van der Waals surface area contributed by atoms with Gasteiger partial charge in [0.2, 0.25) is 0 Å². The van der Waals surface area contributed by atoms with Crippen molar-refractivity contribution in [2.24, 2.45) is 0 Å². The summed E-state index contributed by atoms with van der Waals surface area (Å²) in [5, 5.41) is 7.17. The quantitative estimate of drug-likeness (QED) is 0.428. The summed E-state index contributed by atoms with van der Waals surface area (Å²) in [6.45, 7) is 0. The van der Waals surface area contributed by atoms with Gasteiger partial charge in [0.1, 0.15) is 0 Å². The van der Waals surface area contributed by atoms with Gasteiger partial charge in [0.25, 0.3) is 0 Å². The minimum absolute atomic E-state index is 0. The first-order chi connectivity index (χ1) is 10.1. The van der Waals surface area contributed by atoms with Gasteiger partial charge in [-0.2, -0.15) is 0 Å². The summed E-state index contributed by atoms with van der Waals surface area (Å²) in [7, 11) is 0. The van der Waals surface area contributed by atoms with Crippen LogP contribution in [0.5, 0.6) is 0 Å². The predicted octanol–water partition coefficient (Wildman–Crippen LogP) is 7.20. The van der Waals surface area contributed by atoms with Gasteiger partial charge in [-0.15, -0.1) is 28.3 Å². The van der Waals surface area contributed by atoms with E-state index in [4.69, 9.17) is 23.2 Å². The van der Waals surface area contributed by atoms with Gasteiger partial charge in [-0.1, -0.05) is 45.2 Å². The second-order valence-corrected chi connectivity index (χ2v) is 6.89. The zero-order valence-electron chi connectivity index (χ0n) is 11.0. The second kappa shape index (κ2) is 7.79. The number of hydrogen-bond donors (Lipinski definition) is 1. The monoisotopic (exact) mass is 478 g/mol. The zero-order valence-corrected chi connectivity index (χ0v) is 16.6. The highest BCUT2D eigenvalue weighted by molar-refractivity contribution is 9.10. The maximum atomic E-state index is 6.04. The molecule has 1 N–H and O–H groups in total. The fraction of sp³-hybridized carbons (Fsp3) is 0. The summed E-state index contributed by atoms with van der Waals surface area (Å²) in [6.07, 6.45) is 0. The van der Waals surface area contributed by atoms with Gasteiger partial charge in [0.15, 0.2) is 5.13 Å². The third kappa shape index (κ3) is 4.24. The number of thiazole rings is 1. The third-order valence-corrected chi connectivity index (χ3v) is 4.84. The fourth-order valence-electron chi connectivity index (χ4n) is 1.78. The summed E-state index contributed by atoms with van der Waals surface area (Å²) in [6, 6.07) is 13.5. The molecule has 0 radical (unpaired) electrons. The molecule has 1 heterocycles. The molecular weight excluding hydrogens is 471 g/mol. The number of nitrogens with zero attached hydrogens (tertiary/aromatic N) is 1. The Hall–Kier alpha value is -0.590.